The number of nitrogens with one attached hydrogen (secondary N) is 1. The summed E-state index contributed by atoms with van der Waals surface area (Å²) in [6, 6.07) is 2.74. The van der Waals surface area contributed by atoms with Crippen LogP contribution >= 0.6 is 0 Å². The number of morpholine rings is 1. The summed E-state index contributed by atoms with van der Waals surface area (Å²) in [5.74, 6) is -1.00. The zero-order valence-corrected chi connectivity index (χ0v) is 12.2. The SMILES string of the molecule is Fc1cc(CC2CCCNC2)c(N2CCOCC2)cc1F. The minimum absolute atomic E-state index is 0.503. The topological polar surface area (TPSA) is 24.5 Å². The van der Waals surface area contributed by atoms with E-state index >= 15 is 0 Å². The fraction of sp³-hybridized carbons (Fsp3) is 0.625. The van der Waals surface area contributed by atoms with Crippen molar-refractivity contribution in [1.29, 1.82) is 0 Å². The van der Waals surface area contributed by atoms with Gasteiger partial charge in [0.25, 0.3) is 0 Å². The van der Waals surface area contributed by atoms with Crippen LogP contribution in [0.25, 0.3) is 0 Å². The highest BCUT2D eigenvalue weighted by molar-refractivity contribution is 5.54. The second-order valence-corrected chi connectivity index (χ2v) is 5.91. The Morgan fingerprint density at radius 2 is 1.95 bits per heavy atom. The van der Waals surface area contributed by atoms with Gasteiger partial charge in [-0.25, -0.2) is 8.78 Å². The van der Waals surface area contributed by atoms with Crippen molar-refractivity contribution in [1.82, 2.24) is 5.32 Å². The summed E-state index contributed by atoms with van der Waals surface area (Å²) in [5, 5.41) is 3.38. The van der Waals surface area contributed by atoms with Crippen LogP contribution in [0.5, 0.6) is 0 Å². The van der Waals surface area contributed by atoms with E-state index in [1.807, 2.05) is 0 Å². The lowest BCUT2D eigenvalue weighted by molar-refractivity contribution is 0.122. The zero-order valence-electron chi connectivity index (χ0n) is 12.2. The van der Waals surface area contributed by atoms with Gasteiger partial charge in [0.05, 0.1) is 13.2 Å². The van der Waals surface area contributed by atoms with Crippen molar-refractivity contribution >= 4 is 5.69 Å². The molecule has 1 N–H and O–H groups in total. The summed E-state index contributed by atoms with van der Waals surface area (Å²) >= 11 is 0. The molecule has 21 heavy (non-hydrogen) atoms. The lowest BCUT2D eigenvalue weighted by Crippen LogP contribution is -2.37. The molecule has 1 unspecified atom stereocenters. The lowest BCUT2D eigenvalue weighted by atomic mass is 9.91. The van der Waals surface area contributed by atoms with Crippen molar-refractivity contribution in [2.24, 2.45) is 5.92 Å². The molecule has 0 spiro atoms. The Bertz CT molecular complexity index is 483. The molecule has 1 aromatic carbocycles. The number of piperidine rings is 1. The van der Waals surface area contributed by atoms with E-state index in [0.29, 0.717) is 19.1 Å². The van der Waals surface area contributed by atoms with Crippen LogP contribution in [0.2, 0.25) is 0 Å². The standard InChI is InChI=1S/C16H22F2N2O/c17-14-9-13(8-12-2-1-3-19-11-12)16(10-15(14)18)20-4-6-21-7-5-20/h9-10,12,19H,1-8,11H2. The summed E-state index contributed by atoms with van der Waals surface area (Å²) < 4.78 is 32.6. The normalized spacial score (nSPS) is 23.3. The van der Waals surface area contributed by atoms with Gasteiger partial charge < -0.3 is 15.0 Å². The summed E-state index contributed by atoms with van der Waals surface area (Å²) in [7, 11) is 0. The maximum Gasteiger partial charge on any atom is 0.160 e. The number of benzene rings is 1. The fourth-order valence-corrected chi connectivity index (χ4v) is 3.25. The van der Waals surface area contributed by atoms with Gasteiger partial charge in [0.1, 0.15) is 0 Å². The molecule has 0 saturated carbocycles. The average Bonchev–Trinajstić information content (AvgIpc) is 2.52. The first-order chi connectivity index (χ1) is 10.2. The maximum absolute atomic E-state index is 13.6. The number of hydrogen-bond acceptors (Lipinski definition) is 3. The molecular weight excluding hydrogens is 274 g/mol. The van der Waals surface area contributed by atoms with Crippen molar-refractivity contribution in [3.8, 4) is 0 Å². The van der Waals surface area contributed by atoms with Crippen LogP contribution in [-0.2, 0) is 11.2 Å². The third-order valence-electron chi connectivity index (χ3n) is 4.38. The van der Waals surface area contributed by atoms with Gasteiger partial charge in [-0.1, -0.05) is 0 Å². The first-order valence-electron chi connectivity index (χ1n) is 7.75. The van der Waals surface area contributed by atoms with Gasteiger partial charge in [0.15, 0.2) is 11.6 Å². The molecule has 0 radical (unpaired) electrons. The highest BCUT2D eigenvalue weighted by Crippen LogP contribution is 2.28. The number of halogens is 2. The van der Waals surface area contributed by atoms with Gasteiger partial charge in [-0.3, -0.25) is 0 Å². The highest BCUT2D eigenvalue weighted by atomic mass is 19.2. The third-order valence-corrected chi connectivity index (χ3v) is 4.38. The predicted octanol–water partition coefficient (Wildman–Crippen LogP) is 2.34. The molecular formula is C16H22F2N2O. The molecule has 0 aliphatic carbocycles. The van der Waals surface area contributed by atoms with Crippen molar-refractivity contribution in [3.63, 3.8) is 0 Å². The van der Waals surface area contributed by atoms with Crippen molar-refractivity contribution in [2.45, 2.75) is 19.3 Å². The van der Waals surface area contributed by atoms with Gasteiger partial charge >= 0.3 is 0 Å². The van der Waals surface area contributed by atoms with Crippen LogP contribution in [0.4, 0.5) is 14.5 Å². The predicted molar refractivity (Wildman–Crippen MR) is 78.7 cm³/mol. The summed E-state index contributed by atoms with van der Waals surface area (Å²) in [5.41, 5.74) is 1.76. The van der Waals surface area contributed by atoms with Gasteiger partial charge in [-0.15, -0.1) is 0 Å². The van der Waals surface area contributed by atoms with E-state index in [1.54, 1.807) is 0 Å². The Morgan fingerprint density at radius 3 is 2.67 bits per heavy atom. The van der Waals surface area contributed by atoms with E-state index in [4.69, 9.17) is 4.74 Å². The molecule has 0 aromatic heterocycles. The minimum atomic E-state index is -0.762. The number of ether oxygens (including phenoxy) is 1. The van der Waals surface area contributed by atoms with Crippen LogP contribution < -0.4 is 10.2 Å². The van der Waals surface area contributed by atoms with E-state index in [2.05, 4.69) is 10.2 Å². The Morgan fingerprint density at radius 1 is 1.19 bits per heavy atom. The summed E-state index contributed by atoms with van der Waals surface area (Å²) in [6.45, 7) is 4.78. The van der Waals surface area contributed by atoms with E-state index in [1.165, 1.54) is 12.1 Å². The molecule has 116 valence electrons. The van der Waals surface area contributed by atoms with Crippen LogP contribution in [0, 0.1) is 17.6 Å². The molecule has 5 heteroatoms. The molecule has 2 saturated heterocycles. The van der Waals surface area contributed by atoms with E-state index in [-0.39, 0.29) is 0 Å². The molecule has 2 fully saturated rings. The monoisotopic (exact) mass is 296 g/mol. The van der Waals surface area contributed by atoms with E-state index in [9.17, 15) is 8.78 Å². The van der Waals surface area contributed by atoms with E-state index < -0.39 is 11.6 Å². The van der Waals surface area contributed by atoms with Gasteiger partial charge in [0.2, 0.25) is 0 Å². The first kappa shape index (κ1) is 14.7. The number of rotatable bonds is 3. The second kappa shape index (κ2) is 6.71. The number of nitrogens with zero attached hydrogens (tertiary/aromatic N) is 1. The molecule has 3 rings (SSSR count). The Hall–Kier alpha value is -1.20. The number of anilines is 1. The van der Waals surface area contributed by atoms with Crippen molar-refractivity contribution in [3.05, 3.63) is 29.3 Å². The van der Waals surface area contributed by atoms with Gasteiger partial charge in [-0.05, 0) is 49.9 Å². The first-order valence-corrected chi connectivity index (χ1v) is 7.75. The molecule has 0 bridgehead atoms. The molecule has 2 aliphatic heterocycles. The second-order valence-electron chi connectivity index (χ2n) is 5.91. The molecule has 2 aliphatic rings. The molecule has 1 aromatic rings. The smallest absolute Gasteiger partial charge is 0.160 e. The van der Waals surface area contributed by atoms with Crippen LogP contribution in [0.3, 0.4) is 0 Å². The summed E-state index contributed by atoms with van der Waals surface area (Å²) in [6.07, 6.45) is 3.10. The molecule has 0 amide bonds. The van der Waals surface area contributed by atoms with Gasteiger partial charge in [-0.2, -0.15) is 0 Å². The van der Waals surface area contributed by atoms with E-state index in [0.717, 1.165) is 56.7 Å². The quantitative estimate of drug-likeness (QED) is 0.926. The minimum Gasteiger partial charge on any atom is -0.378 e. The van der Waals surface area contributed by atoms with Crippen LogP contribution in [0.15, 0.2) is 12.1 Å². The van der Waals surface area contributed by atoms with Gasteiger partial charge in [0, 0.05) is 24.8 Å². The van der Waals surface area contributed by atoms with Crippen molar-refractivity contribution < 1.29 is 13.5 Å². The Kier molecular flexibility index (Phi) is 4.70. The van der Waals surface area contributed by atoms with Crippen LogP contribution in [0.1, 0.15) is 18.4 Å². The zero-order chi connectivity index (χ0) is 14.7. The Labute approximate surface area is 124 Å². The van der Waals surface area contributed by atoms with Crippen LogP contribution in [-0.4, -0.2) is 39.4 Å². The number of hydrogen-bond donors (Lipinski definition) is 1. The molecule has 1 atom stereocenters. The van der Waals surface area contributed by atoms with Crippen molar-refractivity contribution in [2.75, 3.05) is 44.3 Å². The third kappa shape index (κ3) is 3.52. The largest absolute Gasteiger partial charge is 0.378 e. The fourth-order valence-electron chi connectivity index (χ4n) is 3.25. The maximum atomic E-state index is 13.6. The summed E-state index contributed by atoms with van der Waals surface area (Å²) in [4.78, 5) is 2.11. The molecule has 3 nitrogen and oxygen atoms in total. The Balaban J connectivity index is 1.83. The molecule has 2 heterocycles. The average molecular weight is 296 g/mol. The highest BCUT2D eigenvalue weighted by Gasteiger charge is 2.21. The lowest BCUT2D eigenvalue weighted by Gasteiger charge is -2.32.